The highest BCUT2D eigenvalue weighted by Gasteiger charge is 2.18. The van der Waals surface area contributed by atoms with Crippen molar-refractivity contribution in [3.05, 3.63) is 65.2 Å². The third-order valence-corrected chi connectivity index (χ3v) is 5.26. The maximum atomic E-state index is 12.9. The molecule has 1 aliphatic rings. The molecular formula is C24H32N2O3. The van der Waals surface area contributed by atoms with Gasteiger partial charge in [0.2, 0.25) is 0 Å². The lowest BCUT2D eigenvalue weighted by Gasteiger charge is -2.26. The van der Waals surface area contributed by atoms with E-state index in [0.29, 0.717) is 11.5 Å². The minimum absolute atomic E-state index is 0.0265. The van der Waals surface area contributed by atoms with Crippen molar-refractivity contribution in [3.8, 4) is 5.75 Å². The van der Waals surface area contributed by atoms with Crippen LogP contribution in [-0.2, 0) is 11.3 Å². The summed E-state index contributed by atoms with van der Waals surface area (Å²) in [6, 6.07) is 15.8. The molecule has 1 aliphatic heterocycles. The number of hydrogen-bond acceptors (Lipinski definition) is 4. The van der Waals surface area contributed by atoms with E-state index in [-0.39, 0.29) is 11.9 Å². The number of nitrogens with one attached hydrogen (secondary N) is 1. The standard InChI is InChI=1S/C24H32N2O3/c1-18(2)16-23(20-8-10-22(28-3)11-9-20)25-24(27)21-6-4-19(5-7-21)17-26-12-14-29-15-13-26/h4-11,18,23H,12-17H2,1-3H3,(H,25,27)/t23-/m0/s1. The van der Waals surface area contributed by atoms with Crippen LogP contribution in [0, 0.1) is 5.92 Å². The van der Waals surface area contributed by atoms with Gasteiger partial charge in [0, 0.05) is 25.2 Å². The van der Waals surface area contributed by atoms with Gasteiger partial charge in [0.15, 0.2) is 0 Å². The summed E-state index contributed by atoms with van der Waals surface area (Å²) in [7, 11) is 1.66. The number of morpholine rings is 1. The van der Waals surface area contributed by atoms with Crippen molar-refractivity contribution in [1.82, 2.24) is 10.2 Å². The topological polar surface area (TPSA) is 50.8 Å². The average Bonchev–Trinajstić information content (AvgIpc) is 2.74. The van der Waals surface area contributed by atoms with Gasteiger partial charge in [0.25, 0.3) is 5.91 Å². The van der Waals surface area contributed by atoms with Crippen LogP contribution in [-0.4, -0.2) is 44.2 Å². The lowest BCUT2D eigenvalue weighted by atomic mass is 9.96. The average molecular weight is 397 g/mol. The fraction of sp³-hybridized carbons (Fsp3) is 0.458. The molecule has 2 aromatic rings. The molecule has 1 fully saturated rings. The first-order valence-electron chi connectivity index (χ1n) is 10.4. The van der Waals surface area contributed by atoms with Crippen molar-refractivity contribution in [2.45, 2.75) is 32.9 Å². The van der Waals surface area contributed by atoms with E-state index in [1.807, 2.05) is 36.4 Å². The van der Waals surface area contributed by atoms with Crippen LogP contribution in [0.15, 0.2) is 48.5 Å². The monoisotopic (exact) mass is 396 g/mol. The Morgan fingerprint density at radius 2 is 1.72 bits per heavy atom. The summed E-state index contributed by atoms with van der Waals surface area (Å²) in [6.07, 6.45) is 0.882. The molecule has 2 aromatic carbocycles. The Hall–Kier alpha value is -2.37. The lowest BCUT2D eigenvalue weighted by Crippen LogP contribution is -2.35. The van der Waals surface area contributed by atoms with Gasteiger partial charge in [0.05, 0.1) is 26.4 Å². The van der Waals surface area contributed by atoms with E-state index in [1.54, 1.807) is 7.11 Å². The van der Waals surface area contributed by atoms with E-state index in [9.17, 15) is 4.79 Å². The quantitative estimate of drug-likeness (QED) is 0.732. The van der Waals surface area contributed by atoms with Crippen LogP contribution < -0.4 is 10.1 Å². The molecule has 3 rings (SSSR count). The molecule has 5 heteroatoms. The number of hydrogen-bond donors (Lipinski definition) is 1. The van der Waals surface area contributed by atoms with Crippen molar-refractivity contribution in [3.63, 3.8) is 0 Å². The molecule has 0 aromatic heterocycles. The largest absolute Gasteiger partial charge is 0.497 e. The Morgan fingerprint density at radius 1 is 1.07 bits per heavy atom. The molecule has 1 heterocycles. The van der Waals surface area contributed by atoms with Gasteiger partial charge in [-0.15, -0.1) is 0 Å². The number of carbonyl (C=O) groups is 1. The minimum atomic E-state index is -0.0376. The van der Waals surface area contributed by atoms with Crippen molar-refractivity contribution in [1.29, 1.82) is 0 Å². The summed E-state index contributed by atoms with van der Waals surface area (Å²) in [6.45, 7) is 8.74. The molecule has 5 nitrogen and oxygen atoms in total. The molecule has 1 amide bonds. The number of amides is 1. The second-order valence-electron chi connectivity index (χ2n) is 8.01. The predicted octanol–water partition coefficient (Wildman–Crippen LogP) is 4.04. The molecule has 156 valence electrons. The normalized spacial score (nSPS) is 15.9. The van der Waals surface area contributed by atoms with E-state index in [0.717, 1.165) is 50.6 Å². The van der Waals surface area contributed by atoms with E-state index in [1.165, 1.54) is 5.56 Å². The van der Waals surface area contributed by atoms with Gasteiger partial charge >= 0.3 is 0 Å². The third-order valence-electron chi connectivity index (χ3n) is 5.26. The highest BCUT2D eigenvalue weighted by atomic mass is 16.5. The zero-order valence-corrected chi connectivity index (χ0v) is 17.7. The SMILES string of the molecule is COc1ccc([C@H](CC(C)C)NC(=O)c2ccc(CN3CCOCC3)cc2)cc1. The highest BCUT2D eigenvalue weighted by molar-refractivity contribution is 5.94. The fourth-order valence-corrected chi connectivity index (χ4v) is 3.61. The first kappa shape index (κ1) is 21.3. The molecule has 0 saturated carbocycles. The zero-order chi connectivity index (χ0) is 20.6. The Kier molecular flexibility index (Phi) is 7.67. The molecule has 0 spiro atoms. The summed E-state index contributed by atoms with van der Waals surface area (Å²) in [5, 5.41) is 3.21. The highest BCUT2D eigenvalue weighted by Crippen LogP contribution is 2.24. The number of methoxy groups -OCH3 is 1. The van der Waals surface area contributed by atoms with E-state index in [4.69, 9.17) is 9.47 Å². The Bertz CT molecular complexity index is 766. The zero-order valence-electron chi connectivity index (χ0n) is 17.7. The van der Waals surface area contributed by atoms with Gasteiger partial charge in [-0.25, -0.2) is 0 Å². The first-order valence-corrected chi connectivity index (χ1v) is 10.4. The molecule has 29 heavy (non-hydrogen) atoms. The van der Waals surface area contributed by atoms with Crippen LogP contribution in [0.2, 0.25) is 0 Å². The summed E-state index contributed by atoms with van der Waals surface area (Å²) in [5.41, 5.74) is 3.01. The Morgan fingerprint density at radius 3 is 2.31 bits per heavy atom. The van der Waals surface area contributed by atoms with Crippen molar-refractivity contribution in [2.24, 2.45) is 5.92 Å². The van der Waals surface area contributed by atoms with E-state index < -0.39 is 0 Å². The summed E-state index contributed by atoms with van der Waals surface area (Å²) in [4.78, 5) is 15.2. The fourth-order valence-electron chi connectivity index (χ4n) is 3.61. The summed E-state index contributed by atoms with van der Waals surface area (Å²) in [5.74, 6) is 1.25. The molecule has 1 saturated heterocycles. The second kappa shape index (κ2) is 10.4. The van der Waals surface area contributed by atoms with Gasteiger partial charge in [-0.1, -0.05) is 38.1 Å². The maximum absolute atomic E-state index is 12.9. The number of nitrogens with zero attached hydrogens (tertiary/aromatic N) is 1. The molecule has 0 unspecified atom stereocenters. The molecule has 1 atom stereocenters. The van der Waals surface area contributed by atoms with Crippen molar-refractivity contribution >= 4 is 5.91 Å². The molecule has 1 N–H and O–H groups in total. The third kappa shape index (κ3) is 6.31. The van der Waals surface area contributed by atoms with E-state index in [2.05, 4.69) is 36.2 Å². The van der Waals surface area contributed by atoms with Gasteiger partial charge in [-0.2, -0.15) is 0 Å². The molecular weight excluding hydrogens is 364 g/mol. The van der Waals surface area contributed by atoms with Gasteiger partial charge < -0.3 is 14.8 Å². The predicted molar refractivity (Wildman–Crippen MR) is 115 cm³/mol. The number of benzene rings is 2. The summed E-state index contributed by atoms with van der Waals surface area (Å²) < 4.78 is 10.6. The van der Waals surface area contributed by atoms with E-state index >= 15 is 0 Å². The van der Waals surface area contributed by atoms with Gasteiger partial charge in [0.1, 0.15) is 5.75 Å². The van der Waals surface area contributed by atoms with Crippen LogP contribution in [0.25, 0.3) is 0 Å². The van der Waals surface area contributed by atoms with Crippen LogP contribution in [0.1, 0.15) is 47.8 Å². The van der Waals surface area contributed by atoms with Crippen LogP contribution >= 0.6 is 0 Å². The minimum Gasteiger partial charge on any atom is -0.497 e. The van der Waals surface area contributed by atoms with Gasteiger partial charge in [-0.05, 0) is 47.7 Å². The number of rotatable bonds is 8. The lowest BCUT2D eigenvalue weighted by molar-refractivity contribution is 0.0342. The molecule has 0 radical (unpaired) electrons. The van der Waals surface area contributed by atoms with Crippen LogP contribution in [0.5, 0.6) is 5.75 Å². The smallest absolute Gasteiger partial charge is 0.251 e. The molecule has 0 aliphatic carbocycles. The second-order valence-corrected chi connectivity index (χ2v) is 8.01. The number of carbonyl (C=O) groups excluding carboxylic acids is 1. The maximum Gasteiger partial charge on any atom is 0.251 e. The first-order chi connectivity index (χ1) is 14.0. The Balaban J connectivity index is 1.64. The van der Waals surface area contributed by atoms with Crippen molar-refractivity contribution in [2.75, 3.05) is 33.4 Å². The molecule has 0 bridgehead atoms. The van der Waals surface area contributed by atoms with Gasteiger partial charge in [-0.3, -0.25) is 9.69 Å². The van der Waals surface area contributed by atoms with Crippen LogP contribution in [0.4, 0.5) is 0 Å². The summed E-state index contributed by atoms with van der Waals surface area (Å²) >= 11 is 0. The van der Waals surface area contributed by atoms with Crippen LogP contribution in [0.3, 0.4) is 0 Å². The number of ether oxygens (including phenoxy) is 2. The van der Waals surface area contributed by atoms with Crippen molar-refractivity contribution < 1.29 is 14.3 Å². The Labute approximate surface area is 174 Å².